The molecule has 0 aromatic carbocycles. The number of carbonyl (C=O) groups excluding carboxylic acids is 1. The normalized spacial score (nSPS) is 24.5. The van der Waals surface area contributed by atoms with Gasteiger partial charge < -0.3 is 20.3 Å². The maximum Gasteiger partial charge on any atom is 0.410 e. The van der Waals surface area contributed by atoms with Crippen LogP contribution in [-0.2, 0) is 4.74 Å². The molecule has 6 heteroatoms. The van der Waals surface area contributed by atoms with Gasteiger partial charge in [0.25, 0.3) is 0 Å². The Labute approximate surface area is 124 Å². The van der Waals surface area contributed by atoms with E-state index >= 15 is 0 Å². The minimum absolute atomic E-state index is 0.204. The van der Waals surface area contributed by atoms with Crippen molar-refractivity contribution in [3.8, 4) is 0 Å². The molecule has 2 N–H and O–H groups in total. The van der Waals surface area contributed by atoms with E-state index in [1.165, 1.54) is 0 Å². The summed E-state index contributed by atoms with van der Waals surface area (Å²) in [6, 6.07) is 4.36. The Kier molecular flexibility index (Phi) is 3.19. The third-order valence-electron chi connectivity index (χ3n) is 3.97. The zero-order valence-corrected chi connectivity index (χ0v) is 12.7. The Hall–Kier alpha value is -1.98. The van der Waals surface area contributed by atoms with Crippen molar-refractivity contribution in [1.29, 1.82) is 0 Å². The smallest absolute Gasteiger partial charge is 0.410 e. The van der Waals surface area contributed by atoms with E-state index in [-0.39, 0.29) is 12.1 Å². The molecule has 1 aromatic heterocycles. The molecule has 1 aromatic rings. The van der Waals surface area contributed by atoms with Gasteiger partial charge in [0.2, 0.25) is 0 Å². The fraction of sp³-hybridized carbons (Fsp3) is 0.600. The average Bonchev–Trinajstić information content (AvgIpc) is 2.97. The number of carbonyl (C=O) groups is 1. The van der Waals surface area contributed by atoms with Crippen LogP contribution in [0.1, 0.15) is 27.2 Å². The zero-order chi connectivity index (χ0) is 15.2. The number of nitrogens with two attached hydrogens (primary N) is 1. The number of hydrogen-bond acceptors (Lipinski definition) is 5. The quantitative estimate of drug-likeness (QED) is 0.854. The lowest BCUT2D eigenvalue weighted by Crippen LogP contribution is -2.50. The first-order valence-corrected chi connectivity index (χ1v) is 7.31. The molecule has 2 bridgehead atoms. The maximum atomic E-state index is 12.2. The van der Waals surface area contributed by atoms with Crippen molar-refractivity contribution in [2.75, 3.05) is 23.7 Å². The molecule has 2 aliphatic heterocycles. The molecule has 2 saturated heterocycles. The number of piperazine rings is 1. The van der Waals surface area contributed by atoms with Crippen molar-refractivity contribution >= 4 is 17.6 Å². The lowest BCUT2D eigenvalue weighted by Gasteiger charge is -2.36. The van der Waals surface area contributed by atoms with Gasteiger partial charge in [-0.05, 0) is 39.3 Å². The number of aromatic nitrogens is 1. The number of hydrogen-bond donors (Lipinski definition) is 1. The van der Waals surface area contributed by atoms with Crippen LogP contribution in [-0.4, -0.2) is 46.8 Å². The highest BCUT2D eigenvalue weighted by molar-refractivity contribution is 5.70. The molecular weight excluding hydrogens is 268 g/mol. The third-order valence-corrected chi connectivity index (χ3v) is 3.97. The van der Waals surface area contributed by atoms with E-state index in [4.69, 9.17) is 10.5 Å². The van der Waals surface area contributed by atoms with Gasteiger partial charge in [-0.1, -0.05) is 0 Å². The molecule has 3 heterocycles. The summed E-state index contributed by atoms with van der Waals surface area (Å²) < 4.78 is 5.47. The molecule has 0 aliphatic carbocycles. The fourth-order valence-corrected chi connectivity index (χ4v) is 3.09. The van der Waals surface area contributed by atoms with Crippen LogP contribution in [0.15, 0.2) is 18.3 Å². The van der Waals surface area contributed by atoms with E-state index in [9.17, 15) is 4.79 Å². The fourth-order valence-electron chi connectivity index (χ4n) is 3.09. The summed E-state index contributed by atoms with van der Waals surface area (Å²) >= 11 is 0. The van der Waals surface area contributed by atoms with E-state index in [1.54, 1.807) is 6.20 Å². The Balaban J connectivity index is 1.66. The van der Waals surface area contributed by atoms with E-state index in [0.717, 1.165) is 18.7 Å². The summed E-state index contributed by atoms with van der Waals surface area (Å²) in [6.45, 7) is 7.22. The van der Waals surface area contributed by atoms with Gasteiger partial charge in [0.1, 0.15) is 11.4 Å². The number of nitrogen functional groups attached to an aromatic ring is 1. The minimum atomic E-state index is -0.445. The number of anilines is 2. The van der Waals surface area contributed by atoms with Crippen molar-refractivity contribution in [3.05, 3.63) is 18.3 Å². The van der Waals surface area contributed by atoms with Crippen LogP contribution < -0.4 is 10.6 Å². The summed E-state index contributed by atoms with van der Waals surface area (Å²) in [7, 11) is 0. The topological polar surface area (TPSA) is 71.7 Å². The van der Waals surface area contributed by atoms with E-state index < -0.39 is 5.60 Å². The Morgan fingerprint density at radius 1 is 1.33 bits per heavy atom. The Morgan fingerprint density at radius 3 is 2.62 bits per heavy atom. The largest absolute Gasteiger partial charge is 0.444 e. The molecule has 3 rings (SSSR count). The van der Waals surface area contributed by atoms with Crippen LogP contribution in [0.25, 0.3) is 0 Å². The van der Waals surface area contributed by atoms with Crippen molar-refractivity contribution < 1.29 is 9.53 Å². The molecular formula is C15H22N4O2. The number of amides is 1. The van der Waals surface area contributed by atoms with Crippen LogP contribution in [0.5, 0.6) is 0 Å². The SMILES string of the molecule is CC(C)(C)OC(=O)N1C[C@H]2C[C@@H]1CN2c1ccc(N)nc1. The van der Waals surface area contributed by atoms with Crippen molar-refractivity contribution in [3.63, 3.8) is 0 Å². The minimum Gasteiger partial charge on any atom is -0.444 e. The lowest BCUT2D eigenvalue weighted by atomic mass is 10.2. The molecule has 2 atom stereocenters. The maximum absolute atomic E-state index is 12.2. The number of pyridine rings is 1. The standard InChI is InChI=1S/C15H22N4O2/c1-15(2,3)21-14(20)19-9-11-6-12(19)8-18(11)10-4-5-13(16)17-7-10/h4-5,7,11-12H,6,8-9H2,1-3H3,(H2,16,17)/t11-,12-/m1/s1. The van der Waals surface area contributed by atoms with Gasteiger partial charge in [-0.2, -0.15) is 0 Å². The molecule has 0 spiro atoms. The van der Waals surface area contributed by atoms with E-state index in [2.05, 4.69) is 9.88 Å². The number of fused-ring (bicyclic) bond motifs is 2. The molecule has 2 aliphatic rings. The Bertz CT molecular complexity index is 538. The summed E-state index contributed by atoms with van der Waals surface area (Å²) in [5.41, 5.74) is 6.25. The van der Waals surface area contributed by atoms with Crippen molar-refractivity contribution in [1.82, 2.24) is 9.88 Å². The second kappa shape index (κ2) is 4.79. The highest BCUT2D eigenvalue weighted by atomic mass is 16.6. The molecule has 1 amide bonds. The van der Waals surface area contributed by atoms with Gasteiger partial charge >= 0.3 is 6.09 Å². The Morgan fingerprint density at radius 2 is 2.10 bits per heavy atom. The van der Waals surface area contributed by atoms with Crippen LogP contribution in [0.4, 0.5) is 16.3 Å². The van der Waals surface area contributed by atoms with Gasteiger partial charge in [0, 0.05) is 19.1 Å². The number of likely N-dealkylation sites (tertiary alicyclic amines) is 1. The zero-order valence-electron chi connectivity index (χ0n) is 12.7. The first kappa shape index (κ1) is 14.0. The predicted octanol–water partition coefficient (Wildman–Crippen LogP) is 1.86. The van der Waals surface area contributed by atoms with E-state index in [1.807, 2.05) is 37.8 Å². The summed E-state index contributed by atoms with van der Waals surface area (Å²) in [5, 5.41) is 0. The first-order valence-electron chi connectivity index (χ1n) is 7.31. The van der Waals surface area contributed by atoms with Crippen LogP contribution in [0.3, 0.4) is 0 Å². The lowest BCUT2D eigenvalue weighted by molar-refractivity contribution is 0.0215. The highest BCUT2D eigenvalue weighted by Gasteiger charge is 2.46. The molecule has 114 valence electrons. The molecule has 0 unspecified atom stereocenters. The van der Waals surface area contributed by atoms with E-state index in [0.29, 0.717) is 18.4 Å². The number of ether oxygens (including phenoxy) is 1. The monoisotopic (exact) mass is 290 g/mol. The molecule has 2 fully saturated rings. The van der Waals surface area contributed by atoms with Gasteiger partial charge in [-0.3, -0.25) is 0 Å². The van der Waals surface area contributed by atoms with Gasteiger partial charge in [-0.25, -0.2) is 9.78 Å². The summed E-state index contributed by atoms with van der Waals surface area (Å²) in [6.07, 6.45) is 2.59. The molecule has 0 radical (unpaired) electrons. The molecule has 0 saturated carbocycles. The van der Waals surface area contributed by atoms with Crippen LogP contribution in [0, 0.1) is 0 Å². The van der Waals surface area contributed by atoms with Gasteiger partial charge in [0.15, 0.2) is 0 Å². The second-order valence-electron chi connectivity index (χ2n) is 6.77. The average molecular weight is 290 g/mol. The highest BCUT2D eigenvalue weighted by Crippen LogP contribution is 2.35. The van der Waals surface area contributed by atoms with Crippen LogP contribution in [0.2, 0.25) is 0 Å². The molecule has 21 heavy (non-hydrogen) atoms. The number of rotatable bonds is 1. The van der Waals surface area contributed by atoms with Crippen molar-refractivity contribution in [2.45, 2.75) is 44.9 Å². The second-order valence-corrected chi connectivity index (χ2v) is 6.77. The van der Waals surface area contributed by atoms with Crippen molar-refractivity contribution in [2.24, 2.45) is 0 Å². The molecule has 6 nitrogen and oxygen atoms in total. The van der Waals surface area contributed by atoms with Crippen LogP contribution >= 0.6 is 0 Å². The third kappa shape index (κ3) is 2.75. The summed E-state index contributed by atoms with van der Waals surface area (Å²) in [4.78, 5) is 20.5. The summed E-state index contributed by atoms with van der Waals surface area (Å²) in [5.74, 6) is 0.526. The number of nitrogens with zero attached hydrogens (tertiary/aromatic N) is 3. The van der Waals surface area contributed by atoms with Gasteiger partial charge in [-0.15, -0.1) is 0 Å². The van der Waals surface area contributed by atoms with Gasteiger partial charge in [0.05, 0.1) is 17.9 Å². The predicted molar refractivity (Wildman–Crippen MR) is 81.1 cm³/mol. The first-order chi connectivity index (χ1) is 9.83.